The molecule has 1 amide bonds. The third-order valence-corrected chi connectivity index (χ3v) is 4.80. The van der Waals surface area contributed by atoms with Crippen molar-refractivity contribution in [1.82, 2.24) is 19.7 Å². The van der Waals surface area contributed by atoms with E-state index in [2.05, 4.69) is 22.2 Å². The predicted molar refractivity (Wildman–Crippen MR) is 97.7 cm³/mol. The predicted octanol–water partition coefficient (Wildman–Crippen LogP) is 2.52. The summed E-state index contributed by atoms with van der Waals surface area (Å²) in [5, 5.41) is 4.17. The van der Waals surface area contributed by atoms with Crippen LogP contribution in [0.3, 0.4) is 0 Å². The number of hydrogen-bond donors (Lipinski definition) is 0. The Labute approximate surface area is 152 Å². The number of ether oxygens (including phenoxy) is 1. The number of para-hydroxylation sites is 1. The van der Waals surface area contributed by atoms with Gasteiger partial charge in [-0.25, -0.2) is 9.67 Å². The van der Waals surface area contributed by atoms with Crippen LogP contribution < -0.4 is 4.74 Å². The van der Waals surface area contributed by atoms with Gasteiger partial charge in [0.15, 0.2) is 0 Å². The van der Waals surface area contributed by atoms with Gasteiger partial charge >= 0.3 is 0 Å². The van der Waals surface area contributed by atoms with Gasteiger partial charge in [0.1, 0.15) is 18.4 Å². The molecule has 3 aromatic rings. The molecule has 0 aliphatic carbocycles. The van der Waals surface area contributed by atoms with Gasteiger partial charge in [0.2, 0.25) is 0 Å². The van der Waals surface area contributed by atoms with E-state index in [4.69, 9.17) is 4.74 Å². The van der Waals surface area contributed by atoms with Crippen LogP contribution in [0.2, 0.25) is 0 Å². The average molecular weight is 348 g/mol. The fraction of sp³-hybridized carbons (Fsp3) is 0.250. The van der Waals surface area contributed by atoms with Crippen molar-refractivity contribution in [3.05, 3.63) is 71.8 Å². The maximum atomic E-state index is 13.2. The van der Waals surface area contributed by atoms with Crippen LogP contribution in [-0.4, -0.2) is 45.8 Å². The van der Waals surface area contributed by atoms with Crippen LogP contribution in [0.15, 0.2) is 55.1 Å². The van der Waals surface area contributed by atoms with Gasteiger partial charge in [-0.05, 0) is 48.2 Å². The molecule has 0 spiro atoms. The summed E-state index contributed by atoms with van der Waals surface area (Å²) in [6.07, 6.45) is 4.74. The minimum Gasteiger partial charge on any atom is -0.497 e. The molecule has 0 N–H and O–H groups in total. The zero-order chi connectivity index (χ0) is 17.9. The zero-order valence-corrected chi connectivity index (χ0v) is 14.6. The van der Waals surface area contributed by atoms with E-state index in [1.165, 1.54) is 17.5 Å². The first-order valence-electron chi connectivity index (χ1n) is 8.65. The summed E-state index contributed by atoms with van der Waals surface area (Å²) in [6, 6.07) is 13.7. The largest absolute Gasteiger partial charge is 0.497 e. The summed E-state index contributed by atoms with van der Waals surface area (Å²) in [6.45, 7) is 1.38. The number of nitrogens with zero attached hydrogens (tertiary/aromatic N) is 4. The summed E-state index contributed by atoms with van der Waals surface area (Å²) < 4.78 is 6.96. The lowest BCUT2D eigenvalue weighted by molar-refractivity contribution is 0.0763. The molecule has 0 atom stereocenters. The molecule has 1 aliphatic rings. The first kappa shape index (κ1) is 16.3. The van der Waals surface area contributed by atoms with Crippen LogP contribution in [0.4, 0.5) is 0 Å². The third-order valence-electron chi connectivity index (χ3n) is 4.80. The molecule has 0 fully saturated rings. The van der Waals surface area contributed by atoms with Gasteiger partial charge in [-0.2, -0.15) is 5.10 Å². The topological polar surface area (TPSA) is 60.2 Å². The Balaban J connectivity index is 1.59. The number of amides is 1. The molecular formula is C20H20N4O2. The maximum absolute atomic E-state index is 13.2. The van der Waals surface area contributed by atoms with Crippen molar-refractivity contribution in [1.29, 1.82) is 0 Å². The first-order valence-corrected chi connectivity index (χ1v) is 8.65. The quantitative estimate of drug-likeness (QED) is 0.730. The average Bonchev–Trinajstić information content (AvgIpc) is 3.14. The molecule has 6 nitrogen and oxygen atoms in total. The monoisotopic (exact) mass is 348 g/mol. The minimum absolute atomic E-state index is 0.0240. The molecule has 6 heteroatoms. The molecular weight excluding hydrogens is 328 g/mol. The second-order valence-corrected chi connectivity index (χ2v) is 6.28. The lowest BCUT2D eigenvalue weighted by atomic mass is 10.0. The maximum Gasteiger partial charge on any atom is 0.256 e. The van der Waals surface area contributed by atoms with Gasteiger partial charge in [-0.3, -0.25) is 4.79 Å². The Morgan fingerprint density at radius 2 is 1.88 bits per heavy atom. The van der Waals surface area contributed by atoms with E-state index in [-0.39, 0.29) is 5.91 Å². The summed E-state index contributed by atoms with van der Waals surface area (Å²) in [5.74, 6) is 0.885. The van der Waals surface area contributed by atoms with Crippen LogP contribution in [0.5, 0.6) is 5.75 Å². The molecule has 0 unspecified atom stereocenters. The van der Waals surface area contributed by atoms with Crippen molar-refractivity contribution in [3.63, 3.8) is 0 Å². The number of rotatable bonds is 3. The number of methoxy groups -OCH3 is 1. The number of aromatic nitrogens is 3. The summed E-state index contributed by atoms with van der Waals surface area (Å²) in [5.41, 5.74) is 3.93. The highest BCUT2D eigenvalue weighted by Gasteiger charge is 2.22. The highest BCUT2D eigenvalue weighted by molar-refractivity contribution is 5.97. The molecule has 4 rings (SSSR count). The molecule has 26 heavy (non-hydrogen) atoms. The van der Waals surface area contributed by atoms with Crippen molar-refractivity contribution in [3.8, 4) is 11.4 Å². The molecule has 0 radical (unpaired) electrons. The van der Waals surface area contributed by atoms with Crippen LogP contribution in [0.25, 0.3) is 5.69 Å². The summed E-state index contributed by atoms with van der Waals surface area (Å²) >= 11 is 0. The van der Waals surface area contributed by atoms with E-state index in [0.717, 1.165) is 24.3 Å². The van der Waals surface area contributed by atoms with Gasteiger partial charge < -0.3 is 9.64 Å². The van der Waals surface area contributed by atoms with Crippen LogP contribution >= 0.6 is 0 Å². The van der Waals surface area contributed by atoms with Crippen LogP contribution in [0.1, 0.15) is 21.5 Å². The lowest BCUT2D eigenvalue weighted by Crippen LogP contribution is -2.34. The SMILES string of the molecule is COc1ccc2c(c1)CCN(C(=O)c1ccccc1-n1cncn1)CC2. The fourth-order valence-electron chi connectivity index (χ4n) is 3.39. The van der Waals surface area contributed by atoms with Gasteiger partial charge in [0.25, 0.3) is 5.91 Å². The molecule has 1 aliphatic heterocycles. The van der Waals surface area contributed by atoms with E-state index < -0.39 is 0 Å². The minimum atomic E-state index is 0.0240. The Bertz CT molecular complexity index is 921. The normalized spacial score (nSPS) is 13.8. The van der Waals surface area contributed by atoms with Crippen molar-refractivity contribution >= 4 is 5.91 Å². The Kier molecular flexibility index (Phi) is 4.39. The molecule has 132 valence electrons. The molecule has 2 heterocycles. The third kappa shape index (κ3) is 3.06. The van der Waals surface area contributed by atoms with E-state index >= 15 is 0 Å². The second-order valence-electron chi connectivity index (χ2n) is 6.28. The van der Waals surface area contributed by atoms with Crippen molar-refractivity contribution < 1.29 is 9.53 Å². The Morgan fingerprint density at radius 1 is 1.08 bits per heavy atom. The first-order chi connectivity index (χ1) is 12.8. The van der Waals surface area contributed by atoms with Gasteiger partial charge in [-0.15, -0.1) is 0 Å². The van der Waals surface area contributed by atoms with E-state index in [1.54, 1.807) is 18.1 Å². The molecule has 0 saturated heterocycles. The lowest BCUT2D eigenvalue weighted by Gasteiger charge is -2.21. The summed E-state index contributed by atoms with van der Waals surface area (Å²) in [4.78, 5) is 19.1. The van der Waals surface area contributed by atoms with Crippen molar-refractivity contribution in [2.45, 2.75) is 12.8 Å². The number of carbonyl (C=O) groups excluding carboxylic acids is 1. The van der Waals surface area contributed by atoms with E-state index in [1.807, 2.05) is 35.2 Å². The van der Waals surface area contributed by atoms with Gasteiger partial charge in [0.05, 0.1) is 18.4 Å². The molecule has 2 aromatic carbocycles. The van der Waals surface area contributed by atoms with Crippen molar-refractivity contribution in [2.75, 3.05) is 20.2 Å². The Morgan fingerprint density at radius 3 is 2.65 bits per heavy atom. The number of fused-ring (bicyclic) bond motifs is 1. The standard InChI is InChI=1S/C20H20N4O2/c1-26-17-7-6-15-8-10-23(11-9-16(15)12-17)20(25)18-4-2-3-5-19(18)24-14-21-13-22-24/h2-7,12-14H,8-11H2,1H3. The van der Waals surface area contributed by atoms with Crippen LogP contribution in [-0.2, 0) is 12.8 Å². The summed E-state index contributed by atoms with van der Waals surface area (Å²) in [7, 11) is 1.68. The molecule has 0 saturated carbocycles. The molecule has 1 aromatic heterocycles. The van der Waals surface area contributed by atoms with Gasteiger partial charge in [0, 0.05) is 13.1 Å². The van der Waals surface area contributed by atoms with E-state index in [0.29, 0.717) is 18.7 Å². The van der Waals surface area contributed by atoms with Crippen molar-refractivity contribution in [2.24, 2.45) is 0 Å². The van der Waals surface area contributed by atoms with Crippen LogP contribution in [0, 0.1) is 0 Å². The number of carbonyl (C=O) groups is 1. The Hall–Kier alpha value is -3.15. The number of hydrogen-bond acceptors (Lipinski definition) is 4. The highest BCUT2D eigenvalue weighted by atomic mass is 16.5. The van der Waals surface area contributed by atoms with Gasteiger partial charge in [-0.1, -0.05) is 18.2 Å². The fourth-order valence-corrected chi connectivity index (χ4v) is 3.39. The molecule has 0 bridgehead atoms. The van der Waals surface area contributed by atoms with E-state index in [9.17, 15) is 4.79 Å². The smallest absolute Gasteiger partial charge is 0.256 e. The zero-order valence-electron chi connectivity index (χ0n) is 14.6. The number of benzene rings is 2. The second kappa shape index (κ2) is 7.00. The highest BCUT2D eigenvalue weighted by Crippen LogP contribution is 2.23.